The summed E-state index contributed by atoms with van der Waals surface area (Å²) < 4.78 is 5.32. The van der Waals surface area contributed by atoms with E-state index < -0.39 is 0 Å². The second-order valence-corrected chi connectivity index (χ2v) is 24.9. The van der Waals surface area contributed by atoms with Crippen LogP contribution >= 0.6 is 0 Å². The second kappa shape index (κ2) is 12.8. The van der Waals surface area contributed by atoms with E-state index in [2.05, 4.69) is 203 Å². The van der Waals surface area contributed by atoms with Gasteiger partial charge in [0.2, 0.25) is 0 Å². The number of anilines is 3. The van der Waals surface area contributed by atoms with Gasteiger partial charge < -0.3 is 13.9 Å². The van der Waals surface area contributed by atoms with Crippen molar-refractivity contribution in [2.24, 2.45) is 0 Å². The van der Waals surface area contributed by atoms with Crippen molar-refractivity contribution in [3.63, 3.8) is 0 Å². The van der Waals surface area contributed by atoms with Gasteiger partial charge in [-0.2, -0.15) is 0 Å². The quantitative estimate of drug-likeness (QED) is 0.154. The molecule has 2 aliphatic heterocycles. The molecule has 6 heteroatoms. The number of aromatic nitrogens is 4. The minimum Gasteiger partial charge on any atom is -0.309 e. The fourth-order valence-corrected chi connectivity index (χ4v) is 11.6. The Morgan fingerprint density at radius 2 is 0.879 bits per heavy atom. The normalized spacial score (nSPS) is 14.5. The monoisotopic (exact) mass is 864 g/mol. The van der Waals surface area contributed by atoms with Crippen LogP contribution in [0.1, 0.15) is 132 Å². The van der Waals surface area contributed by atoms with Gasteiger partial charge in [-0.1, -0.05) is 140 Å². The highest BCUT2D eigenvalue weighted by Gasteiger charge is 2.46. The lowest BCUT2D eigenvalue weighted by molar-refractivity contribution is 0.590. The Kier molecular flexibility index (Phi) is 8.04. The molecule has 0 unspecified atom stereocenters. The molecule has 5 nitrogen and oxygen atoms in total. The lowest BCUT2D eigenvalue weighted by Gasteiger charge is -2.41. The molecule has 0 spiro atoms. The van der Waals surface area contributed by atoms with E-state index in [1.165, 1.54) is 121 Å². The summed E-state index contributed by atoms with van der Waals surface area (Å²) in [5.41, 5.74) is 21.5. The van der Waals surface area contributed by atoms with Crippen LogP contribution in [0, 0.1) is 0 Å². The molecule has 0 aliphatic carbocycles. The van der Waals surface area contributed by atoms with Gasteiger partial charge in [-0.25, -0.2) is 9.97 Å². The van der Waals surface area contributed by atoms with Gasteiger partial charge in [0, 0.05) is 43.5 Å². The van der Waals surface area contributed by atoms with Crippen LogP contribution in [0.15, 0.2) is 104 Å². The molecule has 4 aromatic heterocycles. The summed E-state index contributed by atoms with van der Waals surface area (Å²) in [4.78, 5) is 12.0. The minimum absolute atomic E-state index is 0.0142. The van der Waals surface area contributed by atoms with Gasteiger partial charge in [0.05, 0.1) is 51.5 Å². The zero-order valence-corrected chi connectivity index (χ0v) is 41.6. The highest BCUT2D eigenvalue weighted by atomic mass is 15.2. The summed E-state index contributed by atoms with van der Waals surface area (Å²) in [6, 6.07) is 34.4. The summed E-state index contributed by atoms with van der Waals surface area (Å²) in [6.45, 7) is 35.2. The average Bonchev–Trinajstić information content (AvgIpc) is 3.88. The van der Waals surface area contributed by atoms with Crippen molar-refractivity contribution in [3.05, 3.63) is 131 Å². The number of fused-ring (bicyclic) bond motifs is 15. The molecule has 66 heavy (non-hydrogen) atoms. The van der Waals surface area contributed by atoms with Crippen molar-refractivity contribution in [2.45, 2.75) is 131 Å². The third-order valence-corrected chi connectivity index (χ3v) is 15.3. The van der Waals surface area contributed by atoms with Crippen molar-refractivity contribution >= 4 is 100 Å². The maximum absolute atomic E-state index is 4.73. The molecule has 0 radical (unpaired) electrons. The SMILES string of the molecule is CC(C)(C)c1ccc2c(c1)B1c3c(c4c5cc(C(C)(C)C)ccc5n5c6ccc(C(C)(C)C)cc6c(c3-n3c6ccc(C(C)(C)C)cc6c6cc(C(C)(C)C)cc1c63)c45)N2c1cncnc1. The van der Waals surface area contributed by atoms with Crippen LogP contribution in [-0.4, -0.2) is 25.6 Å². The van der Waals surface area contributed by atoms with E-state index in [-0.39, 0.29) is 33.8 Å². The van der Waals surface area contributed by atoms with E-state index in [4.69, 9.17) is 9.97 Å². The average molecular weight is 864 g/mol. The molecule has 6 heterocycles. The second-order valence-electron chi connectivity index (χ2n) is 24.9. The van der Waals surface area contributed by atoms with Gasteiger partial charge >= 0.3 is 0 Å². The van der Waals surface area contributed by atoms with E-state index in [0.29, 0.717) is 0 Å². The van der Waals surface area contributed by atoms with Crippen molar-refractivity contribution < 1.29 is 0 Å². The highest BCUT2D eigenvalue weighted by molar-refractivity contribution is 7.01. The molecule has 0 saturated carbocycles. The molecule has 2 aliphatic rings. The topological polar surface area (TPSA) is 38.4 Å². The zero-order chi connectivity index (χ0) is 46.5. The molecule has 0 amide bonds. The third kappa shape index (κ3) is 5.53. The van der Waals surface area contributed by atoms with Crippen LogP contribution in [0.25, 0.3) is 65.6 Å². The molecule has 6 aromatic carbocycles. The summed E-state index contributed by atoms with van der Waals surface area (Å²) in [7, 11) is 0. The first-order valence-electron chi connectivity index (χ1n) is 24.1. The lowest BCUT2D eigenvalue weighted by atomic mass is 9.33. The Balaban J connectivity index is 1.42. The molecule has 0 atom stereocenters. The van der Waals surface area contributed by atoms with Gasteiger partial charge in [-0.15, -0.1) is 0 Å². The first kappa shape index (κ1) is 41.3. The van der Waals surface area contributed by atoms with Crippen LogP contribution < -0.4 is 21.3 Å². The van der Waals surface area contributed by atoms with Crippen LogP contribution in [0.3, 0.4) is 0 Å². The Labute approximate surface area is 390 Å². The van der Waals surface area contributed by atoms with Crippen LogP contribution in [0.5, 0.6) is 0 Å². The van der Waals surface area contributed by atoms with Gasteiger partial charge in [-0.3, -0.25) is 0 Å². The van der Waals surface area contributed by atoms with Crippen molar-refractivity contribution in [1.82, 2.24) is 18.9 Å². The number of benzene rings is 6. The standard InChI is InChI=1S/C60H62BN5/c1-56(2,3)33-16-20-45-39(24-33)40-27-37(60(13,14)15)29-44-52(40)66(45)55-50-42-26-35(58(7,8)9)18-22-47(42)65-46-21-17-34(57(4,5)6)25-41(46)49(53(50)65)54-51(55)61(44)43-28-36(59(10,11)12)19-23-48(43)64(54)38-30-62-32-63-31-38/h16-32H,1-15H3. The molecular weight excluding hydrogens is 802 g/mol. The van der Waals surface area contributed by atoms with Crippen LogP contribution in [0.2, 0.25) is 0 Å². The predicted octanol–water partition coefficient (Wildman–Crippen LogP) is 13.8. The molecule has 0 saturated heterocycles. The van der Waals surface area contributed by atoms with E-state index in [0.717, 1.165) is 5.69 Å². The summed E-state index contributed by atoms with van der Waals surface area (Å²) in [6.07, 6.45) is 5.68. The van der Waals surface area contributed by atoms with Crippen LogP contribution in [-0.2, 0) is 27.1 Å². The Bertz CT molecular complexity index is 3720. The van der Waals surface area contributed by atoms with Gasteiger partial charge in [0.1, 0.15) is 6.33 Å². The smallest absolute Gasteiger partial charge is 0.252 e. The maximum Gasteiger partial charge on any atom is 0.252 e. The largest absolute Gasteiger partial charge is 0.309 e. The molecule has 12 rings (SSSR count). The van der Waals surface area contributed by atoms with Crippen molar-refractivity contribution in [3.8, 4) is 5.69 Å². The van der Waals surface area contributed by atoms with Crippen LogP contribution in [0.4, 0.5) is 17.1 Å². The molecular formula is C60H62BN5. The molecule has 0 bridgehead atoms. The highest BCUT2D eigenvalue weighted by Crippen LogP contribution is 2.53. The Hall–Kier alpha value is -6.14. The summed E-state index contributed by atoms with van der Waals surface area (Å²) >= 11 is 0. The van der Waals surface area contributed by atoms with Crippen molar-refractivity contribution in [1.29, 1.82) is 0 Å². The third-order valence-electron chi connectivity index (χ3n) is 15.3. The van der Waals surface area contributed by atoms with Gasteiger partial charge in [0.15, 0.2) is 0 Å². The zero-order valence-electron chi connectivity index (χ0n) is 41.6. The molecule has 0 fully saturated rings. The number of rotatable bonds is 1. The number of hydrogen-bond donors (Lipinski definition) is 0. The Morgan fingerprint density at radius 1 is 0.424 bits per heavy atom. The lowest BCUT2D eigenvalue weighted by Crippen LogP contribution is -2.61. The van der Waals surface area contributed by atoms with Gasteiger partial charge in [-0.05, 0) is 120 Å². The summed E-state index contributed by atoms with van der Waals surface area (Å²) in [5.74, 6) is 0. The maximum atomic E-state index is 4.73. The van der Waals surface area contributed by atoms with E-state index in [1.807, 2.05) is 12.4 Å². The molecule has 330 valence electrons. The van der Waals surface area contributed by atoms with Gasteiger partial charge in [0.25, 0.3) is 6.71 Å². The fourth-order valence-electron chi connectivity index (χ4n) is 11.6. The van der Waals surface area contributed by atoms with E-state index in [9.17, 15) is 0 Å². The number of hydrogen-bond acceptors (Lipinski definition) is 3. The predicted molar refractivity (Wildman–Crippen MR) is 284 cm³/mol. The van der Waals surface area contributed by atoms with E-state index >= 15 is 0 Å². The first-order valence-corrected chi connectivity index (χ1v) is 24.1. The molecule has 10 aromatic rings. The fraction of sp³-hybridized carbons (Fsp3) is 0.333. The molecule has 0 N–H and O–H groups in total. The van der Waals surface area contributed by atoms with Crippen molar-refractivity contribution in [2.75, 3.05) is 4.90 Å². The Morgan fingerprint density at radius 3 is 1.42 bits per heavy atom. The first-order chi connectivity index (χ1) is 30.9. The minimum atomic E-state index is -0.0842. The summed E-state index contributed by atoms with van der Waals surface area (Å²) in [5, 5.41) is 7.86. The van der Waals surface area contributed by atoms with E-state index in [1.54, 1.807) is 6.33 Å². The number of nitrogens with zero attached hydrogens (tertiary/aromatic N) is 5.